The molecule has 4 rings (SSSR count). The molecule has 0 amide bonds. The number of nitrogens with one attached hydrogen (secondary N) is 1. The van der Waals surface area contributed by atoms with Gasteiger partial charge in [-0.2, -0.15) is 9.97 Å². The molecule has 0 aliphatic heterocycles. The number of alkyl halides is 3. The number of benzene rings is 3. The van der Waals surface area contributed by atoms with Gasteiger partial charge < -0.3 is 19.5 Å². The molecule has 162 valence electrons. The average Bonchev–Trinajstić information content (AvgIpc) is 2.75. The molecule has 32 heavy (non-hydrogen) atoms. The van der Waals surface area contributed by atoms with Gasteiger partial charge in [0, 0.05) is 17.3 Å². The first kappa shape index (κ1) is 21.3. The molecule has 4 aromatic rings. The third-order valence-corrected chi connectivity index (χ3v) is 3.92. The fourth-order valence-electron chi connectivity index (χ4n) is 2.54. The van der Waals surface area contributed by atoms with Crippen LogP contribution in [0, 0.1) is 0 Å². The van der Waals surface area contributed by atoms with E-state index in [1.54, 1.807) is 24.3 Å². The summed E-state index contributed by atoms with van der Waals surface area (Å²) >= 11 is 4.78. The number of hydrogen-bond acceptors (Lipinski definition) is 7. The fraction of sp³-hybridized carbons (Fsp3) is 0.0455. The van der Waals surface area contributed by atoms with Crippen LogP contribution >= 0.6 is 11.6 Å². The first-order valence-corrected chi connectivity index (χ1v) is 9.65. The van der Waals surface area contributed by atoms with Crippen molar-refractivity contribution in [2.24, 2.45) is 0 Å². The van der Waals surface area contributed by atoms with Crippen molar-refractivity contribution >= 4 is 23.2 Å². The highest BCUT2D eigenvalue weighted by Crippen LogP contribution is 2.28. The normalized spacial score (nSPS) is 11.0. The van der Waals surface area contributed by atoms with Gasteiger partial charge in [-0.25, -0.2) is 0 Å². The Morgan fingerprint density at radius 2 is 1.16 bits per heavy atom. The summed E-state index contributed by atoms with van der Waals surface area (Å²) in [4.78, 5) is 12.7. The molecule has 0 atom stereocenters. The topological polar surface area (TPSA) is 78.4 Å². The lowest BCUT2D eigenvalue weighted by molar-refractivity contribution is -0.0964. The van der Waals surface area contributed by atoms with Gasteiger partial charge in [-0.3, -0.25) is 0 Å². The molecule has 0 radical (unpaired) electrons. The lowest BCUT2D eigenvalue weighted by atomic mass is 10.3. The van der Waals surface area contributed by atoms with Crippen molar-refractivity contribution < 1.29 is 23.0 Å². The van der Waals surface area contributed by atoms with E-state index in [0.717, 1.165) is 0 Å². The van der Waals surface area contributed by atoms with Crippen LogP contribution in [0.4, 0.5) is 20.4 Å². The van der Waals surface area contributed by atoms with Crippen LogP contribution in [0.1, 0.15) is 0 Å². The standard InChI is InChI=1S/C22H15ClF2N4O3/c23-22(24,25)32-18-13-11-15(12-14-18)26-19-27-20(30-16-7-3-1-4-8-16)29-21(28-19)31-17-9-5-2-6-10-17/h1-14H,(H,26,27,28,29). The molecule has 0 aliphatic carbocycles. The predicted molar refractivity (Wildman–Crippen MR) is 114 cm³/mol. The molecule has 0 aliphatic rings. The Kier molecular flexibility index (Phi) is 6.27. The second-order valence-corrected chi connectivity index (χ2v) is 6.69. The van der Waals surface area contributed by atoms with Crippen LogP contribution in [0.25, 0.3) is 0 Å². The molecule has 0 unspecified atom stereocenters. The molecule has 0 spiro atoms. The molecule has 1 N–H and O–H groups in total. The maximum Gasteiger partial charge on any atom is 0.487 e. The van der Waals surface area contributed by atoms with E-state index in [1.807, 2.05) is 36.4 Å². The maximum atomic E-state index is 12.8. The molecule has 1 aromatic heterocycles. The number of rotatable bonds is 8. The van der Waals surface area contributed by atoms with Crippen molar-refractivity contribution in [1.29, 1.82) is 0 Å². The third-order valence-electron chi connectivity index (χ3n) is 3.84. The zero-order valence-corrected chi connectivity index (χ0v) is 17.0. The van der Waals surface area contributed by atoms with Crippen LogP contribution < -0.4 is 19.5 Å². The Balaban J connectivity index is 1.58. The van der Waals surface area contributed by atoms with E-state index < -0.39 is 5.57 Å². The maximum absolute atomic E-state index is 12.8. The number of anilines is 2. The van der Waals surface area contributed by atoms with Crippen LogP contribution in [0.2, 0.25) is 0 Å². The van der Waals surface area contributed by atoms with E-state index in [0.29, 0.717) is 17.2 Å². The highest BCUT2D eigenvalue weighted by Gasteiger charge is 2.27. The first-order valence-electron chi connectivity index (χ1n) is 9.28. The van der Waals surface area contributed by atoms with Gasteiger partial charge in [-0.1, -0.05) is 36.4 Å². The van der Waals surface area contributed by atoms with Crippen molar-refractivity contribution in [1.82, 2.24) is 15.0 Å². The third kappa shape index (κ3) is 6.26. The number of halogens is 3. The van der Waals surface area contributed by atoms with Gasteiger partial charge in [0.25, 0.3) is 0 Å². The summed E-state index contributed by atoms with van der Waals surface area (Å²) in [5.74, 6) is 1.07. The zero-order valence-electron chi connectivity index (χ0n) is 16.3. The minimum absolute atomic E-state index is 0.00127. The van der Waals surface area contributed by atoms with Gasteiger partial charge in [-0.15, -0.1) is 13.8 Å². The van der Waals surface area contributed by atoms with E-state index in [4.69, 9.17) is 21.1 Å². The minimum atomic E-state index is -3.80. The largest absolute Gasteiger partial charge is 0.487 e. The molecular formula is C22H15ClF2N4O3. The molecule has 3 aromatic carbocycles. The monoisotopic (exact) mass is 456 g/mol. The summed E-state index contributed by atoms with van der Waals surface area (Å²) in [6.45, 7) is 0. The Labute approximate surface area is 186 Å². The van der Waals surface area contributed by atoms with Crippen molar-refractivity contribution in [2.45, 2.75) is 5.57 Å². The predicted octanol–water partition coefficient (Wildman–Crippen LogP) is 6.37. The number of hydrogen-bond donors (Lipinski definition) is 1. The Morgan fingerprint density at radius 1 is 0.656 bits per heavy atom. The molecular weight excluding hydrogens is 442 g/mol. The zero-order chi connectivity index (χ0) is 22.4. The van der Waals surface area contributed by atoms with Crippen molar-refractivity contribution in [3.63, 3.8) is 0 Å². The van der Waals surface area contributed by atoms with E-state index in [1.165, 1.54) is 24.3 Å². The lowest BCUT2D eigenvalue weighted by Crippen LogP contribution is -2.15. The van der Waals surface area contributed by atoms with Crippen LogP contribution in [0.15, 0.2) is 84.9 Å². The number of ether oxygens (including phenoxy) is 3. The van der Waals surface area contributed by atoms with Crippen LogP contribution in [-0.4, -0.2) is 20.5 Å². The molecule has 0 saturated heterocycles. The summed E-state index contributed by atoms with van der Waals surface area (Å²) in [6, 6.07) is 23.6. The highest BCUT2D eigenvalue weighted by molar-refractivity contribution is 6.20. The Morgan fingerprint density at radius 3 is 1.62 bits per heavy atom. The number of aromatic nitrogens is 3. The quantitative estimate of drug-likeness (QED) is 0.309. The van der Waals surface area contributed by atoms with Crippen molar-refractivity contribution in [3.05, 3.63) is 84.9 Å². The van der Waals surface area contributed by atoms with Gasteiger partial charge in [0.15, 0.2) is 0 Å². The highest BCUT2D eigenvalue weighted by atomic mass is 35.5. The summed E-state index contributed by atoms with van der Waals surface area (Å²) in [5, 5.41) is 2.95. The van der Waals surface area contributed by atoms with Gasteiger partial charge in [0.05, 0.1) is 0 Å². The van der Waals surface area contributed by atoms with Gasteiger partial charge >= 0.3 is 17.6 Å². The van der Waals surface area contributed by atoms with Crippen molar-refractivity contribution in [2.75, 3.05) is 5.32 Å². The van der Waals surface area contributed by atoms with Crippen molar-refractivity contribution in [3.8, 4) is 29.3 Å². The smallest absolute Gasteiger partial charge is 0.424 e. The van der Waals surface area contributed by atoms with Gasteiger partial charge in [-0.05, 0) is 48.5 Å². The van der Waals surface area contributed by atoms with Crippen LogP contribution in [0.3, 0.4) is 0 Å². The second kappa shape index (κ2) is 9.44. The lowest BCUT2D eigenvalue weighted by Gasteiger charge is -2.12. The first-order chi connectivity index (χ1) is 15.4. The second-order valence-electron chi connectivity index (χ2n) is 6.25. The summed E-state index contributed by atoms with van der Waals surface area (Å²) in [5.41, 5.74) is -3.30. The summed E-state index contributed by atoms with van der Waals surface area (Å²) in [7, 11) is 0. The fourth-order valence-corrected chi connectivity index (χ4v) is 2.63. The molecule has 0 bridgehead atoms. The van der Waals surface area contributed by atoms with E-state index >= 15 is 0 Å². The SMILES string of the molecule is FC(F)(Cl)Oc1ccc(Nc2nc(Oc3ccccc3)nc(Oc3ccccc3)n2)cc1. The van der Waals surface area contributed by atoms with Crippen LogP contribution in [0.5, 0.6) is 29.3 Å². The molecule has 7 nitrogen and oxygen atoms in total. The van der Waals surface area contributed by atoms with Crippen LogP contribution in [-0.2, 0) is 0 Å². The van der Waals surface area contributed by atoms with Gasteiger partial charge in [0.1, 0.15) is 17.2 Å². The average molecular weight is 457 g/mol. The van der Waals surface area contributed by atoms with E-state index in [2.05, 4.69) is 25.0 Å². The number of para-hydroxylation sites is 2. The minimum Gasteiger partial charge on any atom is -0.424 e. The summed E-state index contributed by atoms with van der Waals surface area (Å²) < 4.78 is 41.3. The Bertz CT molecular complexity index is 1100. The molecule has 0 fully saturated rings. The Hall–Kier alpha value is -3.98. The summed E-state index contributed by atoms with van der Waals surface area (Å²) in [6.07, 6.45) is 0. The van der Waals surface area contributed by atoms with E-state index in [9.17, 15) is 8.78 Å². The number of nitrogens with zero attached hydrogens (tertiary/aromatic N) is 3. The molecule has 1 heterocycles. The van der Waals surface area contributed by atoms with E-state index in [-0.39, 0.29) is 23.7 Å². The molecule has 0 saturated carbocycles. The molecule has 10 heteroatoms. The van der Waals surface area contributed by atoms with Gasteiger partial charge in [0.2, 0.25) is 5.95 Å².